The van der Waals surface area contributed by atoms with Crippen LogP contribution in [0, 0.1) is 0 Å². The maximum Gasteiger partial charge on any atom is 0.305 e. The number of nitrogens with one attached hydrogen (secondary N) is 2. The average Bonchev–Trinajstić information content (AvgIpc) is 3.35. The summed E-state index contributed by atoms with van der Waals surface area (Å²) >= 11 is 1.05. The summed E-state index contributed by atoms with van der Waals surface area (Å²) in [6.45, 7) is 1.60. The molecule has 3 aromatic rings. The number of carbonyl (C=O) groups excluding carboxylic acids is 3. The van der Waals surface area contributed by atoms with E-state index in [1.54, 1.807) is 12.1 Å². The van der Waals surface area contributed by atoms with E-state index in [0.717, 1.165) is 11.3 Å². The van der Waals surface area contributed by atoms with E-state index in [2.05, 4.69) is 10.9 Å². The molecule has 0 saturated heterocycles. The van der Waals surface area contributed by atoms with Crippen LogP contribution in [-0.2, 0) is 6.61 Å². The number of thiophene rings is 1. The maximum absolute atomic E-state index is 12.1. The number of ether oxygens (including phenoxy) is 1. The molecule has 27 heavy (non-hydrogen) atoms. The first kappa shape index (κ1) is 18.4. The summed E-state index contributed by atoms with van der Waals surface area (Å²) in [5.41, 5.74) is 4.56. The monoisotopic (exact) mass is 384 g/mol. The van der Waals surface area contributed by atoms with Crippen LogP contribution in [0.1, 0.15) is 42.6 Å². The standard InChI is InChI=1S/C19H16N2O5S/c1-12(22)16-9-10-17(27-16)19(24)21-20-18(23)15-8-7-14(26-15)11-25-13-5-3-2-4-6-13/h2-10H,11H2,1H3,(H,20,23)(H,21,24). The predicted molar refractivity (Wildman–Crippen MR) is 98.7 cm³/mol. The molecule has 0 fully saturated rings. The molecule has 0 saturated carbocycles. The number of Topliss-reactive ketones (excluding diaryl/α,β-unsaturated/α-hetero) is 1. The van der Waals surface area contributed by atoms with Crippen LogP contribution in [0.15, 0.2) is 59.0 Å². The molecule has 0 spiro atoms. The summed E-state index contributed by atoms with van der Waals surface area (Å²) in [6.07, 6.45) is 0. The van der Waals surface area contributed by atoms with E-state index in [1.165, 1.54) is 19.1 Å². The van der Waals surface area contributed by atoms with Crippen LogP contribution >= 0.6 is 11.3 Å². The first-order chi connectivity index (χ1) is 13.0. The Morgan fingerprint density at radius 3 is 2.33 bits per heavy atom. The van der Waals surface area contributed by atoms with Crippen molar-refractivity contribution in [1.29, 1.82) is 0 Å². The zero-order chi connectivity index (χ0) is 19.2. The van der Waals surface area contributed by atoms with Gasteiger partial charge in [-0.15, -0.1) is 11.3 Å². The van der Waals surface area contributed by atoms with E-state index in [0.29, 0.717) is 21.3 Å². The normalized spacial score (nSPS) is 10.3. The highest BCUT2D eigenvalue weighted by molar-refractivity contribution is 7.15. The minimum absolute atomic E-state index is 0.0394. The lowest BCUT2D eigenvalue weighted by Gasteiger charge is -2.05. The van der Waals surface area contributed by atoms with E-state index < -0.39 is 11.8 Å². The molecule has 0 aliphatic heterocycles. The zero-order valence-corrected chi connectivity index (χ0v) is 15.2. The number of furan rings is 1. The van der Waals surface area contributed by atoms with Gasteiger partial charge in [0.25, 0.3) is 5.91 Å². The Bertz CT molecular complexity index is 961. The van der Waals surface area contributed by atoms with E-state index in [1.807, 2.05) is 30.3 Å². The number of amides is 2. The highest BCUT2D eigenvalue weighted by Crippen LogP contribution is 2.17. The fourth-order valence-corrected chi connectivity index (χ4v) is 2.93. The molecule has 138 valence electrons. The van der Waals surface area contributed by atoms with Crippen molar-refractivity contribution in [2.45, 2.75) is 13.5 Å². The second kappa shape index (κ2) is 8.33. The summed E-state index contributed by atoms with van der Waals surface area (Å²) in [6, 6.07) is 15.4. The number of benzene rings is 1. The van der Waals surface area contributed by atoms with Gasteiger partial charge >= 0.3 is 5.91 Å². The van der Waals surface area contributed by atoms with Gasteiger partial charge in [0.1, 0.15) is 18.1 Å². The SMILES string of the molecule is CC(=O)c1ccc(C(=O)NNC(=O)c2ccc(COc3ccccc3)o2)s1. The number of para-hydroxylation sites is 1. The van der Waals surface area contributed by atoms with Gasteiger partial charge < -0.3 is 9.15 Å². The Hall–Kier alpha value is -3.39. The van der Waals surface area contributed by atoms with Gasteiger partial charge in [-0.1, -0.05) is 18.2 Å². The van der Waals surface area contributed by atoms with Gasteiger partial charge in [-0.25, -0.2) is 0 Å². The van der Waals surface area contributed by atoms with Crippen molar-refractivity contribution in [3.05, 3.63) is 75.9 Å². The molecule has 0 aliphatic carbocycles. The molecule has 0 atom stereocenters. The quantitative estimate of drug-likeness (QED) is 0.502. The number of rotatable bonds is 6. The summed E-state index contributed by atoms with van der Waals surface area (Å²) in [5, 5.41) is 0. The molecule has 0 radical (unpaired) electrons. The van der Waals surface area contributed by atoms with E-state index in [9.17, 15) is 14.4 Å². The molecule has 7 nitrogen and oxygen atoms in total. The van der Waals surface area contributed by atoms with Crippen molar-refractivity contribution in [2.75, 3.05) is 0 Å². The first-order valence-electron chi connectivity index (χ1n) is 8.01. The van der Waals surface area contributed by atoms with Gasteiger partial charge in [0.2, 0.25) is 0 Å². The molecule has 0 aliphatic rings. The highest BCUT2D eigenvalue weighted by atomic mass is 32.1. The van der Waals surface area contributed by atoms with Crippen LogP contribution in [0.4, 0.5) is 0 Å². The Balaban J connectivity index is 1.51. The Morgan fingerprint density at radius 1 is 0.926 bits per heavy atom. The Kier molecular flexibility index (Phi) is 5.68. The number of carbonyl (C=O) groups is 3. The topological polar surface area (TPSA) is 97.6 Å². The van der Waals surface area contributed by atoms with Crippen molar-refractivity contribution in [3.8, 4) is 5.75 Å². The predicted octanol–water partition coefficient (Wildman–Crippen LogP) is 3.20. The first-order valence-corrected chi connectivity index (χ1v) is 8.82. The second-order valence-electron chi connectivity index (χ2n) is 5.50. The third kappa shape index (κ3) is 4.83. The smallest absolute Gasteiger partial charge is 0.305 e. The number of ketones is 1. The van der Waals surface area contributed by atoms with Crippen molar-refractivity contribution in [2.24, 2.45) is 0 Å². The Labute approximate surface area is 158 Å². The van der Waals surface area contributed by atoms with Gasteiger partial charge in [-0.05, 0) is 43.3 Å². The molecule has 0 bridgehead atoms. The fourth-order valence-electron chi connectivity index (χ4n) is 2.13. The lowest BCUT2D eigenvalue weighted by molar-refractivity contribution is 0.0830. The summed E-state index contributed by atoms with van der Waals surface area (Å²) in [7, 11) is 0. The number of hydrazine groups is 1. The number of hydrogen-bond acceptors (Lipinski definition) is 6. The lowest BCUT2D eigenvalue weighted by atomic mass is 10.3. The molecular weight excluding hydrogens is 368 g/mol. The van der Waals surface area contributed by atoms with Crippen molar-refractivity contribution < 1.29 is 23.5 Å². The maximum atomic E-state index is 12.1. The van der Waals surface area contributed by atoms with Gasteiger partial charge in [0.15, 0.2) is 11.5 Å². The Morgan fingerprint density at radius 2 is 1.63 bits per heavy atom. The molecule has 3 rings (SSSR count). The van der Waals surface area contributed by atoms with Crippen LogP contribution in [0.3, 0.4) is 0 Å². The van der Waals surface area contributed by atoms with Crippen molar-refractivity contribution >= 4 is 28.9 Å². The summed E-state index contributed by atoms with van der Waals surface area (Å²) in [5.74, 6) is -0.0353. The molecule has 1 aromatic carbocycles. The van der Waals surface area contributed by atoms with E-state index in [-0.39, 0.29) is 18.2 Å². The molecule has 2 amide bonds. The average molecular weight is 384 g/mol. The molecule has 2 aromatic heterocycles. The molecule has 2 heterocycles. The van der Waals surface area contributed by atoms with Crippen LogP contribution in [0.25, 0.3) is 0 Å². The van der Waals surface area contributed by atoms with Crippen molar-refractivity contribution in [3.63, 3.8) is 0 Å². The minimum Gasteiger partial charge on any atom is -0.486 e. The van der Waals surface area contributed by atoms with Gasteiger partial charge in [0, 0.05) is 0 Å². The molecular formula is C19H16N2O5S. The highest BCUT2D eigenvalue weighted by Gasteiger charge is 2.15. The van der Waals surface area contributed by atoms with Crippen LogP contribution in [0.5, 0.6) is 5.75 Å². The van der Waals surface area contributed by atoms with E-state index in [4.69, 9.17) is 9.15 Å². The zero-order valence-electron chi connectivity index (χ0n) is 14.4. The van der Waals surface area contributed by atoms with Gasteiger partial charge in [-0.2, -0.15) is 0 Å². The molecule has 0 unspecified atom stereocenters. The van der Waals surface area contributed by atoms with Gasteiger partial charge in [-0.3, -0.25) is 25.2 Å². The fraction of sp³-hybridized carbons (Fsp3) is 0.105. The summed E-state index contributed by atoms with van der Waals surface area (Å²) in [4.78, 5) is 36.1. The van der Waals surface area contributed by atoms with Crippen LogP contribution in [-0.4, -0.2) is 17.6 Å². The van der Waals surface area contributed by atoms with E-state index >= 15 is 0 Å². The third-order valence-electron chi connectivity index (χ3n) is 3.48. The minimum atomic E-state index is -0.599. The summed E-state index contributed by atoms with van der Waals surface area (Å²) < 4.78 is 11.0. The second-order valence-corrected chi connectivity index (χ2v) is 6.58. The molecule has 8 heteroatoms. The largest absolute Gasteiger partial charge is 0.486 e. The molecule has 2 N–H and O–H groups in total. The third-order valence-corrected chi connectivity index (χ3v) is 4.66. The number of hydrogen-bond donors (Lipinski definition) is 2. The lowest BCUT2D eigenvalue weighted by Crippen LogP contribution is -2.41. The van der Waals surface area contributed by atoms with Crippen LogP contribution in [0.2, 0.25) is 0 Å². The van der Waals surface area contributed by atoms with Crippen LogP contribution < -0.4 is 15.6 Å². The van der Waals surface area contributed by atoms with Crippen molar-refractivity contribution in [1.82, 2.24) is 10.9 Å². The van der Waals surface area contributed by atoms with Gasteiger partial charge in [0.05, 0.1) is 9.75 Å².